The zero-order valence-electron chi connectivity index (χ0n) is 14.8. The molecule has 1 aliphatic carbocycles. The first kappa shape index (κ1) is 18.8. The van der Waals surface area contributed by atoms with E-state index in [1.165, 1.54) is 7.11 Å². The van der Waals surface area contributed by atoms with Crippen molar-refractivity contribution >= 4 is 21.9 Å². The molecular formula is C19H26BrNO4. The maximum Gasteiger partial charge on any atom is 0.327 e. The quantitative estimate of drug-likeness (QED) is 0.754. The average Bonchev–Trinajstić information content (AvgIpc) is 2.64. The molecule has 1 saturated heterocycles. The number of piperidine rings is 1. The van der Waals surface area contributed by atoms with Crippen LogP contribution < -0.4 is 0 Å². The van der Waals surface area contributed by atoms with Gasteiger partial charge in [0, 0.05) is 36.0 Å². The number of rotatable bonds is 5. The molecule has 1 aromatic rings. The first-order chi connectivity index (χ1) is 12.0. The van der Waals surface area contributed by atoms with E-state index in [0.29, 0.717) is 6.61 Å². The van der Waals surface area contributed by atoms with Crippen molar-refractivity contribution in [3.8, 4) is 0 Å². The summed E-state index contributed by atoms with van der Waals surface area (Å²) in [6.45, 7) is 4.16. The molecule has 0 amide bonds. The second-order valence-corrected chi connectivity index (χ2v) is 7.86. The molecule has 1 aliphatic heterocycles. The lowest BCUT2D eigenvalue weighted by Gasteiger charge is -2.57. The first-order valence-electron chi connectivity index (χ1n) is 8.89. The molecule has 5 nitrogen and oxygen atoms in total. The van der Waals surface area contributed by atoms with Crippen molar-refractivity contribution in [3.63, 3.8) is 0 Å². The van der Waals surface area contributed by atoms with Crippen molar-refractivity contribution in [2.75, 3.05) is 26.8 Å². The highest BCUT2D eigenvalue weighted by Gasteiger charge is 2.56. The van der Waals surface area contributed by atoms with Gasteiger partial charge in [0.15, 0.2) is 0 Å². The van der Waals surface area contributed by atoms with Crippen LogP contribution in [-0.4, -0.2) is 55.0 Å². The Bertz CT molecular complexity index is 596. The Morgan fingerprint density at radius 1 is 1.36 bits per heavy atom. The fourth-order valence-electron chi connectivity index (χ4n) is 4.27. The highest BCUT2D eigenvalue weighted by Crippen LogP contribution is 2.51. The monoisotopic (exact) mass is 411 g/mol. The van der Waals surface area contributed by atoms with Crippen LogP contribution in [0.5, 0.6) is 0 Å². The molecule has 2 aliphatic rings. The van der Waals surface area contributed by atoms with Crippen molar-refractivity contribution in [2.45, 2.75) is 44.4 Å². The number of nitrogens with zero attached hydrogens (tertiary/aromatic N) is 1. The van der Waals surface area contributed by atoms with E-state index in [9.17, 15) is 9.90 Å². The number of likely N-dealkylation sites (tertiary alicyclic amines) is 1. The summed E-state index contributed by atoms with van der Waals surface area (Å²) >= 11 is 3.43. The van der Waals surface area contributed by atoms with Gasteiger partial charge in [0.25, 0.3) is 0 Å². The third-order valence-electron chi connectivity index (χ3n) is 5.81. The number of methoxy groups -OCH3 is 1. The number of hydrogen-bond donors (Lipinski definition) is 1. The fourth-order valence-corrected chi connectivity index (χ4v) is 4.53. The van der Waals surface area contributed by atoms with Gasteiger partial charge in [-0.1, -0.05) is 28.1 Å². The zero-order chi connectivity index (χ0) is 18.0. The molecule has 0 radical (unpaired) electrons. The van der Waals surface area contributed by atoms with Gasteiger partial charge in [-0.05, 0) is 37.5 Å². The minimum Gasteiger partial charge on any atom is -0.468 e. The Kier molecular flexibility index (Phi) is 5.83. The maximum atomic E-state index is 12.4. The minimum absolute atomic E-state index is 0.138. The number of carbonyl (C=O) groups is 1. The molecule has 25 heavy (non-hydrogen) atoms. The highest BCUT2D eigenvalue weighted by atomic mass is 79.9. The Morgan fingerprint density at radius 3 is 2.52 bits per heavy atom. The van der Waals surface area contributed by atoms with Crippen molar-refractivity contribution < 1.29 is 19.4 Å². The normalized spacial score (nSPS) is 26.9. The van der Waals surface area contributed by atoms with E-state index in [1.807, 2.05) is 31.2 Å². The number of aliphatic hydroxyl groups is 1. The van der Waals surface area contributed by atoms with Crippen molar-refractivity contribution in [2.24, 2.45) is 5.41 Å². The maximum absolute atomic E-state index is 12.4. The minimum atomic E-state index is -0.404. The van der Waals surface area contributed by atoms with E-state index in [1.54, 1.807) is 0 Å². The van der Waals surface area contributed by atoms with Crippen LogP contribution in [0.2, 0.25) is 0 Å². The van der Waals surface area contributed by atoms with Crippen LogP contribution in [0.4, 0.5) is 0 Å². The zero-order valence-corrected chi connectivity index (χ0v) is 16.4. The lowest BCUT2D eigenvalue weighted by molar-refractivity contribution is -0.212. The van der Waals surface area contributed by atoms with Crippen molar-refractivity contribution in [3.05, 3.63) is 34.3 Å². The molecule has 1 N–H and O–H groups in total. The number of esters is 1. The SMILES string of the molecule is CCO[C@@H]1C[C@@H](O)C12CCN([C@@H](C(=O)OC)c1ccc(Br)cc1)CC2. The first-order valence-corrected chi connectivity index (χ1v) is 9.68. The summed E-state index contributed by atoms with van der Waals surface area (Å²) in [5.74, 6) is -0.242. The molecule has 3 atom stereocenters. The smallest absolute Gasteiger partial charge is 0.327 e. The molecule has 1 spiro atoms. The molecule has 0 unspecified atom stereocenters. The summed E-state index contributed by atoms with van der Waals surface area (Å²) in [7, 11) is 1.43. The lowest BCUT2D eigenvalue weighted by Crippen LogP contribution is -2.62. The molecule has 138 valence electrons. The van der Waals surface area contributed by atoms with Crippen LogP contribution in [0.25, 0.3) is 0 Å². The number of aliphatic hydroxyl groups excluding tert-OH is 1. The van der Waals surface area contributed by atoms with Gasteiger partial charge in [-0.25, -0.2) is 4.79 Å². The van der Waals surface area contributed by atoms with Crippen LogP contribution in [-0.2, 0) is 14.3 Å². The Labute approximate surface area is 157 Å². The van der Waals surface area contributed by atoms with E-state index in [4.69, 9.17) is 9.47 Å². The van der Waals surface area contributed by atoms with E-state index in [-0.39, 0.29) is 23.6 Å². The van der Waals surface area contributed by atoms with Gasteiger partial charge in [-0.3, -0.25) is 4.90 Å². The molecule has 1 heterocycles. The number of benzene rings is 1. The molecule has 1 aromatic carbocycles. The lowest BCUT2D eigenvalue weighted by atomic mass is 9.58. The van der Waals surface area contributed by atoms with Crippen LogP contribution in [0.3, 0.4) is 0 Å². The molecule has 1 saturated carbocycles. The molecule has 2 fully saturated rings. The van der Waals surface area contributed by atoms with Gasteiger partial charge in [0.2, 0.25) is 0 Å². The second kappa shape index (κ2) is 7.74. The summed E-state index contributed by atoms with van der Waals surface area (Å²) in [6, 6.07) is 7.39. The van der Waals surface area contributed by atoms with Gasteiger partial charge in [-0.2, -0.15) is 0 Å². The van der Waals surface area contributed by atoms with Gasteiger partial charge in [0.1, 0.15) is 6.04 Å². The Balaban J connectivity index is 1.74. The van der Waals surface area contributed by atoms with Crippen LogP contribution in [0, 0.1) is 5.41 Å². The highest BCUT2D eigenvalue weighted by molar-refractivity contribution is 9.10. The fraction of sp³-hybridized carbons (Fsp3) is 0.632. The van der Waals surface area contributed by atoms with Crippen molar-refractivity contribution in [1.29, 1.82) is 0 Å². The number of ether oxygens (including phenoxy) is 2. The Hall–Kier alpha value is -0.950. The van der Waals surface area contributed by atoms with Crippen molar-refractivity contribution in [1.82, 2.24) is 4.90 Å². The number of halogens is 1. The molecule has 6 heteroatoms. The molecule has 0 aromatic heterocycles. The van der Waals surface area contributed by atoms with Gasteiger partial charge in [0.05, 0.1) is 19.3 Å². The van der Waals surface area contributed by atoms with Crippen LogP contribution in [0.15, 0.2) is 28.7 Å². The molecular weight excluding hydrogens is 386 g/mol. The van der Waals surface area contributed by atoms with Gasteiger partial charge >= 0.3 is 5.97 Å². The van der Waals surface area contributed by atoms with Crippen LogP contribution in [0.1, 0.15) is 37.8 Å². The topological polar surface area (TPSA) is 59.0 Å². The van der Waals surface area contributed by atoms with Gasteiger partial charge in [-0.15, -0.1) is 0 Å². The molecule has 3 rings (SSSR count). The summed E-state index contributed by atoms with van der Waals surface area (Å²) in [4.78, 5) is 14.6. The third kappa shape index (κ3) is 3.50. The summed E-state index contributed by atoms with van der Waals surface area (Å²) in [5, 5.41) is 10.4. The second-order valence-electron chi connectivity index (χ2n) is 6.94. The third-order valence-corrected chi connectivity index (χ3v) is 6.34. The van der Waals surface area contributed by atoms with E-state index < -0.39 is 6.04 Å². The number of hydrogen-bond acceptors (Lipinski definition) is 5. The standard InChI is InChI=1S/C19H26BrNO4/c1-3-25-16-12-15(22)19(16)8-10-21(11-9-19)17(18(23)24-2)13-4-6-14(20)7-5-13/h4-7,15-17,22H,3,8-12H2,1-2H3/t15-,16-,17-/m1/s1. The summed E-state index contributed by atoms with van der Waals surface area (Å²) in [5.41, 5.74) is 0.786. The van der Waals surface area contributed by atoms with Crippen LogP contribution >= 0.6 is 15.9 Å². The van der Waals surface area contributed by atoms with E-state index >= 15 is 0 Å². The Morgan fingerprint density at radius 2 is 2.00 bits per heavy atom. The summed E-state index contributed by atoms with van der Waals surface area (Å²) < 4.78 is 11.9. The largest absolute Gasteiger partial charge is 0.468 e. The average molecular weight is 412 g/mol. The summed E-state index contributed by atoms with van der Waals surface area (Å²) in [6.07, 6.45) is 2.24. The molecule has 0 bridgehead atoms. The van der Waals surface area contributed by atoms with Gasteiger partial charge < -0.3 is 14.6 Å². The van der Waals surface area contributed by atoms with E-state index in [0.717, 1.165) is 42.4 Å². The predicted molar refractivity (Wildman–Crippen MR) is 98.2 cm³/mol. The number of carbonyl (C=O) groups excluding carboxylic acids is 1. The predicted octanol–water partition coefficient (Wildman–Crippen LogP) is 2.92. The van der Waals surface area contributed by atoms with E-state index in [2.05, 4.69) is 20.8 Å².